The van der Waals surface area contributed by atoms with Crippen molar-refractivity contribution in [2.75, 3.05) is 50.8 Å². The molecular weight excluding hydrogens is 543 g/mol. The monoisotopic (exact) mass is 573 g/mol. The van der Waals surface area contributed by atoms with Gasteiger partial charge in [0.05, 0.1) is 11.1 Å². The van der Waals surface area contributed by atoms with Gasteiger partial charge < -0.3 is 20.1 Å². The van der Waals surface area contributed by atoms with Crippen LogP contribution in [0.25, 0.3) is 32.8 Å². The lowest BCUT2D eigenvalue weighted by Crippen LogP contribution is -2.44. The number of nitrogens with zero attached hydrogens (tertiary/aromatic N) is 4. The van der Waals surface area contributed by atoms with Gasteiger partial charge in [-0.2, -0.15) is 9.97 Å². The van der Waals surface area contributed by atoms with Crippen molar-refractivity contribution in [2.24, 2.45) is 0 Å². The van der Waals surface area contributed by atoms with Crippen molar-refractivity contribution >= 4 is 27.5 Å². The molecule has 10 heteroatoms. The lowest BCUT2D eigenvalue weighted by atomic mass is 9.93. The molecule has 4 heterocycles. The van der Waals surface area contributed by atoms with Crippen LogP contribution in [0.2, 0.25) is 0 Å². The van der Waals surface area contributed by atoms with E-state index in [1.807, 2.05) is 0 Å². The molecule has 3 saturated heterocycles. The number of hydrogen-bond donors (Lipinski definition) is 2. The molecule has 3 aliphatic heterocycles. The van der Waals surface area contributed by atoms with E-state index in [1.54, 1.807) is 12.1 Å². The minimum atomic E-state index is -0.905. The Morgan fingerprint density at radius 3 is 2.74 bits per heavy atom. The highest BCUT2D eigenvalue weighted by molar-refractivity contribution is 6.04. The Bertz CT molecular complexity index is 1750. The Labute approximate surface area is 241 Å². The Morgan fingerprint density at radius 2 is 1.93 bits per heavy atom. The van der Waals surface area contributed by atoms with Gasteiger partial charge in [-0.3, -0.25) is 4.90 Å². The van der Waals surface area contributed by atoms with Gasteiger partial charge in [0.25, 0.3) is 0 Å². The molecule has 7 rings (SSSR count). The molecule has 0 aliphatic carbocycles. The molecule has 0 bridgehead atoms. The number of fused-ring (bicyclic) bond motifs is 3. The van der Waals surface area contributed by atoms with Crippen LogP contribution in [0.4, 0.5) is 19.0 Å². The standard InChI is InChI=1S/C32H30F3N5O2/c1-2-22-26(34)7-4-19-14-21(41)15-25(27(19)22)23-5-6-24-29(28(23)35)37-31(38-30(24)39-12-9-36-10-13-39)42-18-32-8-3-11-40(32)17-20(33)16-32/h1,4-7,14-15,20,36,41H,3,8-13,16-18H2/t20-,32+/m1/s1. The zero-order chi connectivity index (χ0) is 29.0. The average Bonchev–Trinajstić information content (AvgIpc) is 3.52. The molecule has 0 saturated carbocycles. The van der Waals surface area contributed by atoms with Gasteiger partial charge in [-0.25, -0.2) is 13.2 Å². The fourth-order valence-corrected chi connectivity index (χ4v) is 6.94. The number of phenolic OH excluding ortho intramolecular Hbond substituents is 1. The summed E-state index contributed by atoms with van der Waals surface area (Å²) in [6.07, 6.45) is 6.94. The van der Waals surface area contributed by atoms with E-state index >= 15 is 4.39 Å². The van der Waals surface area contributed by atoms with Crippen molar-refractivity contribution < 1.29 is 23.0 Å². The van der Waals surface area contributed by atoms with Crippen molar-refractivity contribution in [1.82, 2.24) is 20.2 Å². The number of alkyl halides is 1. The second-order valence-corrected chi connectivity index (χ2v) is 11.4. The number of terminal acetylenes is 1. The lowest BCUT2D eigenvalue weighted by molar-refractivity contribution is 0.107. The largest absolute Gasteiger partial charge is 0.508 e. The molecule has 2 N–H and O–H groups in total. The summed E-state index contributed by atoms with van der Waals surface area (Å²) in [7, 11) is 0. The highest BCUT2D eigenvalue weighted by atomic mass is 19.1. The van der Waals surface area contributed by atoms with Crippen LogP contribution in [-0.4, -0.2) is 77.6 Å². The molecule has 0 unspecified atom stereocenters. The second-order valence-electron chi connectivity index (χ2n) is 11.4. The van der Waals surface area contributed by atoms with Gasteiger partial charge in [-0.15, -0.1) is 6.42 Å². The van der Waals surface area contributed by atoms with Crippen LogP contribution < -0.4 is 15.0 Å². The van der Waals surface area contributed by atoms with Crippen molar-refractivity contribution in [2.45, 2.75) is 31.0 Å². The van der Waals surface area contributed by atoms with Gasteiger partial charge in [0, 0.05) is 55.5 Å². The zero-order valence-electron chi connectivity index (χ0n) is 23.0. The van der Waals surface area contributed by atoms with Crippen molar-refractivity contribution in [1.29, 1.82) is 0 Å². The lowest BCUT2D eigenvalue weighted by Gasteiger charge is -2.32. The van der Waals surface area contributed by atoms with Crippen LogP contribution in [0.5, 0.6) is 11.8 Å². The number of benzene rings is 3. The summed E-state index contributed by atoms with van der Waals surface area (Å²) in [6, 6.07) is 8.92. The molecule has 42 heavy (non-hydrogen) atoms. The van der Waals surface area contributed by atoms with Gasteiger partial charge in [-0.1, -0.05) is 18.1 Å². The van der Waals surface area contributed by atoms with E-state index in [2.05, 4.69) is 26.0 Å². The molecule has 2 atom stereocenters. The predicted molar refractivity (Wildman–Crippen MR) is 156 cm³/mol. The number of ether oxygens (including phenoxy) is 1. The van der Waals surface area contributed by atoms with Crippen LogP contribution in [0.3, 0.4) is 0 Å². The van der Waals surface area contributed by atoms with Gasteiger partial charge in [0.15, 0.2) is 5.82 Å². The first-order valence-electron chi connectivity index (χ1n) is 14.3. The van der Waals surface area contributed by atoms with Gasteiger partial charge in [0.1, 0.15) is 35.7 Å². The SMILES string of the molecule is C#Cc1c(F)ccc2cc(O)cc(-c3ccc4c(N5CCNCC5)nc(OC[C@@]56CCCN5C[C@H](F)C6)nc4c3F)c12. The minimum absolute atomic E-state index is 0.0154. The topological polar surface area (TPSA) is 73.8 Å². The Morgan fingerprint density at radius 1 is 1.10 bits per heavy atom. The third-order valence-corrected chi connectivity index (χ3v) is 8.90. The van der Waals surface area contributed by atoms with E-state index in [4.69, 9.17) is 16.1 Å². The molecule has 1 aromatic heterocycles. The van der Waals surface area contributed by atoms with Crippen LogP contribution >= 0.6 is 0 Å². The number of piperazine rings is 1. The first-order chi connectivity index (χ1) is 20.4. The summed E-state index contributed by atoms with van der Waals surface area (Å²) in [5.74, 6) is 1.55. The number of phenols is 1. The van der Waals surface area contributed by atoms with Gasteiger partial charge in [-0.05, 0) is 54.6 Å². The van der Waals surface area contributed by atoms with Gasteiger partial charge >= 0.3 is 6.01 Å². The molecule has 4 aromatic rings. The quantitative estimate of drug-likeness (QED) is 0.333. The number of aromatic nitrogens is 2. The highest BCUT2D eigenvalue weighted by Crippen LogP contribution is 2.42. The third kappa shape index (κ3) is 4.39. The molecule has 0 spiro atoms. The summed E-state index contributed by atoms with van der Waals surface area (Å²) in [4.78, 5) is 13.5. The summed E-state index contributed by atoms with van der Waals surface area (Å²) in [5.41, 5.74) is -0.0287. The maximum absolute atomic E-state index is 16.6. The number of hydrogen-bond acceptors (Lipinski definition) is 7. The van der Waals surface area contributed by atoms with Crippen molar-refractivity contribution in [3.63, 3.8) is 0 Å². The number of anilines is 1. The van der Waals surface area contributed by atoms with Crippen LogP contribution in [-0.2, 0) is 0 Å². The highest BCUT2D eigenvalue weighted by Gasteiger charge is 2.49. The Kier molecular flexibility index (Phi) is 6.59. The summed E-state index contributed by atoms with van der Waals surface area (Å²) in [5, 5.41) is 15.1. The maximum atomic E-state index is 16.6. The van der Waals surface area contributed by atoms with E-state index in [0.29, 0.717) is 48.0 Å². The van der Waals surface area contributed by atoms with E-state index in [1.165, 1.54) is 24.3 Å². The summed E-state index contributed by atoms with van der Waals surface area (Å²) >= 11 is 0. The summed E-state index contributed by atoms with van der Waals surface area (Å²) < 4.78 is 51.9. The van der Waals surface area contributed by atoms with E-state index in [-0.39, 0.29) is 40.6 Å². The van der Waals surface area contributed by atoms with E-state index in [9.17, 15) is 13.9 Å². The predicted octanol–water partition coefficient (Wildman–Crippen LogP) is 4.78. The Balaban J connectivity index is 1.38. The van der Waals surface area contributed by atoms with Crippen molar-refractivity contribution in [3.8, 4) is 35.2 Å². The number of halogens is 3. The number of rotatable bonds is 5. The Hall–Kier alpha value is -4.07. The molecule has 3 aliphatic rings. The molecule has 3 aromatic carbocycles. The number of nitrogens with one attached hydrogen (secondary N) is 1. The fourth-order valence-electron chi connectivity index (χ4n) is 6.94. The number of aromatic hydroxyl groups is 1. The van der Waals surface area contributed by atoms with Gasteiger partial charge in [0.2, 0.25) is 0 Å². The first-order valence-corrected chi connectivity index (χ1v) is 14.3. The second kappa shape index (κ2) is 10.3. The molecule has 0 radical (unpaired) electrons. The normalized spacial score (nSPS) is 22.5. The molecule has 216 valence electrons. The molecule has 7 nitrogen and oxygen atoms in total. The average molecular weight is 574 g/mol. The first kappa shape index (κ1) is 26.8. The molecule has 0 amide bonds. The van der Waals surface area contributed by atoms with Crippen LogP contribution in [0.1, 0.15) is 24.8 Å². The zero-order valence-corrected chi connectivity index (χ0v) is 23.0. The third-order valence-electron chi connectivity index (χ3n) is 8.90. The molecular formula is C32H30F3N5O2. The summed E-state index contributed by atoms with van der Waals surface area (Å²) in [6.45, 7) is 4.25. The van der Waals surface area contributed by atoms with Crippen LogP contribution in [0, 0.1) is 24.0 Å². The maximum Gasteiger partial charge on any atom is 0.319 e. The van der Waals surface area contributed by atoms with Crippen LogP contribution in [0.15, 0.2) is 36.4 Å². The van der Waals surface area contributed by atoms with Crippen molar-refractivity contribution in [3.05, 3.63) is 53.6 Å². The van der Waals surface area contributed by atoms with E-state index < -0.39 is 23.3 Å². The van der Waals surface area contributed by atoms with E-state index in [0.717, 1.165) is 32.5 Å². The minimum Gasteiger partial charge on any atom is -0.508 e. The fraction of sp³-hybridized carbons (Fsp3) is 0.375. The smallest absolute Gasteiger partial charge is 0.319 e. The molecule has 3 fully saturated rings.